The van der Waals surface area contributed by atoms with Crippen molar-refractivity contribution in [2.45, 2.75) is 11.8 Å². The summed E-state index contributed by atoms with van der Waals surface area (Å²) in [6.07, 6.45) is 0. The quantitative estimate of drug-likeness (QED) is 0.345. The maximum absolute atomic E-state index is 12.5. The Hall–Kier alpha value is -3.57. The van der Waals surface area contributed by atoms with Gasteiger partial charge in [-0.2, -0.15) is 0 Å². The number of hydrogen-bond donors (Lipinski definition) is 1. The number of thioether (sulfide) groups is 1. The molecule has 0 aliphatic rings. The largest absolute Gasteiger partial charge is 0.486 e. The SMILES string of the molecule is COC(=O)c1cc(NC(=O)CSc2nnc(COc3ccc(Cl)cc3)n2C)cc(C(=O)OC)c1. The number of amides is 1. The van der Waals surface area contributed by atoms with Crippen molar-refractivity contribution in [3.63, 3.8) is 0 Å². The summed E-state index contributed by atoms with van der Waals surface area (Å²) in [5.74, 6) is -0.441. The molecule has 0 spiro atoms. The Morgan fingerprint density at radius 1 is 1.00 bits per heavy atom. The molecule has 0 radical (unpaired) electrons. The van der Waals surface area contributed by atoms with Gasteiger partial charge >= 0.3 is 11.9 Å². The van der Waals surface area contributed by atoms with Crippen LogP contribution in [0.15, 0.2) is 47.6 Å². The molecule has 0 fully saturated rings. The minimum atomic E-state index is -0.650. The van der Waals surface area contributed by atoms with Crippen molar-refractivity contribution < 1.29 is 28.6 Å². The molecule has 0 atom stereocenters. The molecule has 0 saturated carbocycles. The third kappa shape index (κ3) is 6.49. The Morgan fingerprint density at radius 2 is 1.62 bits per heavy atom. The van der Waals surface area contributed by atoms with Crippen LogP contribution < -0.4 is 10.1 Å². The number of rotatable bonds is 9. The molecule has 3 aromatic rings. The first-order valence-electron chi connectivity index (χ1n) is 9.81. The standard InChI is InChI=1S/C22H21ClN4O6S/c1-27-18(11-33-17-6-4-15(23)5-7-17)25-26-22(27)34-12-19(28)24-16-9-13(20(29)31-2)8-14(10-16)21(30)32-3/h4-10H,11-12H2,1-3H3,(H,24,28). The maximum atomic E-state index is 12.5. The summed E-state index contributed by atoms with van der Waals surface area (Å²) in [5, 5.41) is 12.0. The second-order valence-corrected chi connectivity index (χ2v) is 8.20. The Labute approximate surface area is 204 Å². The van der Waals surface area contributed by atoms with E-state index in [-0.39, 0.29) is 35.1 Å². The lowest BCUT2D eigenvalue weighted by Gasteiger charge is -2.09. The summed E-state index contributed by atoms with van der Waals surface area (Å²) in [5.41, 5.74) is 0.461. The lowest BCUT2D eigenvalue weighted by atomic mass is 10.1. The average molecular weight is 505 g/mol. The topological polar surface area (TPSA) is 122 Å². The highest BCUT2D eigenvalue weighted by Crippen LogP contribution is 2.21. The number of carbonyl (C=O) groups is 3. The summed E-state index contributed by atoms with van der Waals surface area (Å²) in [6.45, 7) is 0.189. The van der Waals surface area contributed by atoms with E-state index in [9.17, 15) is 14.4 Å². The molecule has 1 heterocycles. The minimum absolute atomic E-state index is 0.0139. The zero-order valence-corrected chi connectivity index (χ0v) is 20.1. The highest BCUT2D eigenvalue weighted by Gasteiger charge is 2.16. The number of ether oxygens (including phenoxy) is 3. The van der Waals surface area contributed by atoms with Crippen LogP contribution in [0.2, 0.25) is 5.02 Å². The number of methoxy groups -OCH3 is 2. The summed E-state index contributed by atoms with van der Waals surface area (Å²) < 4.78 is 16.8. The number of nitrogens with zero attached hydrogens (tertiary/aromatic N) is 3. The first-order valence-corrected chi connectivity index (χ1v) is 11.2. The number of hydrogen-bond acceptors (Lipinski definition) is 9. The number of nitrogens with one attached hydrogen (secondary N) is 1. The van der Waals surface area contributed by atoms with Gasteiger partial charge in [0.05, 0.1) is 31.1 Å². The Morgan fingerprint density at radius 3 is 2.21 bits per heavy atom. The fraction of sp³-hybridized carbons (Fsp3) is 0.227. The lowest BCUT2D eigenvalue weighted by molar-refractivity contribution is -0.113. The Balaban J connectivity index is 1.61. The third-order valence-electron chi connectivity index (χ3n) is 4.50. The molecule has 0 aliphatic heterocycles. The molecular weight excluding hydrogens is 484 g/mol. The van der Waals surface area contributed by atoms with E-state index >= 15 is 0 Å². The van der Waals surface area contributed by atoms with Gasteiger partial charge in [0.15, 0.2) is 11.0 Å². The minimum Gasteiger partial charge on any atom is -0.486 e. The van der Waals surface area contributed by atoms with Gasteiger partial charge in [0.1, 0.15) is 12.4 Å². The van der Waals surface area contributed by atoms with Gasteiger partial charge < -0.3 is 24.1 Å². The molecule has 12 heteroatoms. The van der Waals surface area contributed by atoms with Crippen molar-refractivity contribution in [2.75, 3.05) is 25.3 Å². The second-order valence-electron chi connectivity index (χ2n) is 6.82. The molecule has 2 aromatic carbocycles. The van der Waals surface area contributed by atoms with E-state index in [4.69, 9.17) is 25.8 Å². The van der Waals surface area contributed by atoms with Crippen LogP contribution in [0.4, 0.5) is 5.69 Å². The molecule has 34 heavy (non-hydrogen) atoms. The van der Waals surface area contributed by atoms with E-state index in [0.29, 0.717) is 21.8 Å². The zero-order valence-electron chi connectivity index (χ0n) is 18.5. The van der Waals surface area contributed by atoms with Crippen molar-refractivity contribution >= 4 is 46.9 Å². The smallest absolute Gasteiger partial charge is 0.337 e. The van der Waals surface area contributed by atoms with Crippen molar-refractivity contribution in [3.05, 3.63) is 64.4 Å². The van der Waals surface area contributed by atoms with E-state index in [1.54, 1.807) is 35.9 Å². The van der Waals surface area contributed by atoms with Crippen LogP contribution >= 0.6 is 23.4 Å². The molecule has 0 aliphatic carbocycles. The highest BCUT2D eigenvalue weighted by atomic mass is 35.5. The van der Waals surface area contributed by atoms with Gasteiger partial charge in [-0.3, -0.25) is 4.79 Å². The van der Waals surface area contributed by atoms with E-state index in [2.05, 4.69) is 15.5 Å². The van der Waals surface area contributed by atoms with Gasteiger partial charge in [-0.15, -0.1) is 10.2 Å². The molecule has 0 unspecified atom stereocenters. The third-order valence-corrected chi connectivity index (χ3v) is 5.77. The lowest BCUT2D eigenvalue weighted by Crippen LogP contribution is -2.16. The predicted octanol–water partition coefficient (Wildman–Crippen LogP) is 3.35. The van der Waals surface area contributed by atoms with Crippen molar-refractivity contribution in [3.8, 4) is 5.75 Å². The molecule has 10 nitrogen and oxygen atoms in total. The number of esters is 2. The van der Waals surface area contributed by atoms with Gasteiger partial charge in [0.2, 0.25) is 5.91 Å². The van der Waals surface area contributed by atoms with E-state index < -0.39 is 11.9 Å². The number of aromatic nitrogens is 3. The monoisotopic (exact) mass is 504 g/mol. The predicted molar refractivity (Wildman–Crippen MR) is 125 cm³/mol. The van der Waals surface area contributed by atoms with Gasteiger partial charge in [-0.1, -0.05) is 23.4 Å². The molecule has 3 rings (SSSR count). The van der Waals surface area contributed by atoms with Crippen molar-refractivity contribution in [1.29, 1.82) is 0 Å². The van der Waals surface area contributed by atoms with Crippen molar-refractivity contribution in [1.82, 2.24) is 14.8 Å². The number of carbonyl (C=O) groups excluding carboxylic acids is 3. The summed E-state index contributed by atoms with van der Waals surface area (Å²) >= 11 is 7.04. The highest BCUT2D eigenvalue weighted by molar-refractivity contribution is 7.99. The molecule has 1 amide bonds. The van der Waals surface area contributed by atoms with Gasteiger partial charge in [-0.05, 0) is 42.5 Å². The normalized spacial score (nSPS) is 10.5. The molecule has 0 bridgehead atoms. The van der Waals surface area contributed by atoms with Crippen LogP contribution in [-0.2, 0) is 27.9 Å². The van der Waals surface area contributed by atoms with Crippen LogP contribution in [0.3, 0.4) is 0 Å². The van der Waals surface area contributed by atoms with Crippen LogP contribution in [-0.4, -0.2) is 52.6 Å². The Bertz CT molecular complexity index is 1160. The van der Waals surface area contributed by atoms with Crippen LogP contribution in [0.5, 0.6) is 5.75 Å². The number of halogens is 1. The van der Waals surface area contributed by atoms with E-state index in [0.717, 1.165) is 0 Å². The van der Waals surface area contributed by atoms with Gasteiger partial charge in [0, 0.05) is 17.8 Å². The number of anilines is 1. The molecule has 1 N–H and O–H groups in total. The number of benzene rings is 2. The van der Waals surface area contributed by atoms with Crippen LogP contribution in [0.25, 0.3) is 0 Å². The van der Waals surface area contributed by atoms with Crippen molar-refractivity contribution in [2.24, 2.45) is 7.05 Å². The summed E-state index contributed by atoms with van der Waals surface area (Å²) in [7, 11) is 4.21. The fourth-order valence-electron chi connectivity index (χ4n) is 2.77. The fourth-order valence-corrected chi connectivity index (χ4v) is 3.63. The van der Waals surface area contributed by atoms with E-state index in [1.165, 1.54) is 44.2 Å². The van der Waals surface area contributed by atoms with Gasteiger partial charge in [0.25, 0.3) is 0 Å². The maximum Gasteiger partial charge on any atom is 0.337 e. The summed E-state index contributed by atoms with van der Waals surface area (Å²) in [6, 6.07) is 11.1. The van der Waals surface area contributed by atoms with Crippen LogP contribution in [0, 0.1) is 0 Å². The first kappa shape index (κ1) is 25.1. The average Bonchev–Trinajstić information content (AvgIpc) is 3.20. The first-order chi connectivity index (χ1) is 16.3. The van der Waals surface area contributed by atoms with E-state index in [1.807, 2.05) is 0 Å². The molecular formula is C22H21ClN4O6S. The van der Waals surface area contributed by atoms with Crippen LogP contribution in [0.1, 0.15) is 26.5 Å². The zero-order chi connectivity index (χ0) is 24.7. The second kappa shape index (κ2) is 11.5. The summed E-state index contributed by atoms with van der Waals surface area (Å²) in [4.78, 5) is 36.3. The molecule has 0 saturated heterocycles. The Kier molecular flexibility index (Phi) is 8.50. The molecule has 178 valence electrons. The molecule has 1 aromatic heterocycles. The van der Waals surface area contributed by atoms with Gasteiger partial charge in [-0.25, -0.2) is 9.59 Å².